The van der Waals surface area contributed by atoms with Crippen LogP contribution < -0.4 is 9.81 Å². The Bertz CT molecular complexity index is 1150. The molecule has 0 fully saturated rings. The van der Waals surface area contributed by atoms with Crippen LogP contribution in [0.25, 0.3) is 11.0 Å². The second kappa shape index (κ2) is 6.74. The van der Waals surface area contributed by atoms with Gasteiger partial charge < -0.3 is 8.60 Å². The molecule has 136 valence electrons. The molecule has 1 heterocycles. The highest BCUT2D eigenvalue weighted by molar-refractivity contribution is 7.87. The van der Waals surface area contributed by atoms with Crippen LogP contribution in [0.2, 0.25) is 5.02 Å². The lowest BCUT2D eigenvalue weighted by molar-refractivity contribution is 0.485. The van der Waals surface area contributed by atoms with Crippen LogP contribution in [0.1, 0.15) is 25.3 Å². The molecular weight excluding hydrogens is 383 g/mol. The van der Waals surface area contributed by atoms with Gasteiger partial charge in [0, 0.05) is 17.5 Å². The molecule has 3 aromatic rings. The first-order chi connectivity index (χ1) is 12.2. The van der Waals surface area contributed by atoms with Gasteiger partial charge in [-0.1, -0.05) is 25.4 Å². The van der Waals surface area contributed by atoms with E-state index in [4.69, 9.17) is 20.2 Å². The maximum atomic E-state index is 13.1. The molecule has 0 bridgehead atoms. The molecule has 0 saturated heterocycles. The number of fused-ring (bicyclic) bond motifs is 1. The highest BCUT2D eigenvalue weighted by Crippen LogP contribution is 2.30. The van der Waals surface area contributed by atoms with Crippen molar-refractivity contribution in [2.24, 2.45) is 0 Å². The molecule has 3 rings (SSSR count). The van der Waals surface area contributed by atoms with Crippen molar-refractivity contribution >= 4 is 32.7 Å². The minimum atomic E-state index is -4.28. The van der Waals surface area contributed by atoms with E-state index in [0.29, 0.717) is 5.39 Å². The minimum Gasteiger partial charge on any atom is -0.423 e. The summed E-state index contributed by atoms with van der Waals surface area (Å²) < 4.78 is 48.1. The Morgan fingerprint density at radius 1 is 1.12 bits per heavy atom. The van der Waals surface area contributed by atoms with Crippen LogP contribution in [-0.4, -0.2) is 8.42 Å². The quantitative estimate of drug-likeness (QED) is 0.480. The molecular formula is C18H14ClFO5S. The van der Waals surface area contributed by atoms with Crippen LogP contribution in [0.15, 0.2) is 56.6 Å². The van der Waals surface area contributed by atoms with Gasteiger partial charge in [-0.3, -0.25) is 0 Å². The molecule has 0 unspecified atom stereocenters. The fourth-order valence-electron chi connectivity index (χ4n) is 2.55. The summed E-state index contributed by atoms with van der Waals surface area (Å²) in [5, 5.41) is 0.392. The first-order valence-corrected chi connectivity index (χ1v) is 9.43. The molecule has 0 atom stereocenters. The molecule has 2 aromatic carbocycles. The normalized spacial score (nSPS) is 11.9. The summed E-state index contributed by atoms with van der Waals surface area (Å²) in [6.07, 6.45) is 0. The molecule has 5 nitrogen and oxygen atoms in total. The first kappa shape index (κ1) is 18.4. The van der Waals surface area contributed by atoms with E-state index in [0.717, 1.165) is 23.8 Å². The van der Waals surface area contributed by atoms with E-state index in [1.165, 1.54) is 18.2 Å². The summed E-state index contributed by atoms with van der Waals surface area (Å²) in [5.74, 6) is -0.639. The Morgan fingerprint density at radius 2 is 1.85 bits per heavy atom. The van der Waals surface area contributed by atoms with Gasteiger partial charge in [0.25, 0.3) is 0 Å². The van der Waals surface area contributed by atoms with E-state index in [9.17, 15) is 17.6 Å². The molecule has 0 aliphatic carbocycles. The molecule has 0 amide bonds. The van der Waals surface area contributed by atoms with Gasteiger partial charge in [-0.2, -0.15) is 8.42 Å². The summed E-state index contributed by atoms with van der Waals surface area (Å²) in [6.45, 7) is 3.86. The Balaban J connectivity index is 2.05. The summed E-state index contributed by atoms with van der Waals surface area (Å²) in [7, 11) is -4.28. The number of rotatable bonds is 4. The highest BCUT2D eigenvalue weighted by Gasteiger charge is 2.21. The fraction of sp³-hybridized carbons (Fsp3) is 0.167. The topological polar surface area (TPSA) is 73.6 Å². The van der Waals surface area contributed by atoms with Crippen molar-refractivity contribution in [3.63, 3.8) is 0 Å². The van der Waals surface area contributed by atoms with E-state index in [2.05, 4.69) is 0 Å². The third-order valence-corrected chi connectivity index (χ3v) is 5.47. The Kier molecular flexibility index (Phi) is 4.77. The smallest absolute Gasteiger partial charge is 0.340 e. The maximum Gasteiger partial charge on any atom is 0.340 e. The van der Waals surface area contributed by atoms with Crippen molar-refractivity contribution in [2.75, 3.05) is 0 Å². The van der Waals surface area contributed by atoms with E-state index in [1.54, 1.807) is 6.07 Å². The van der Waals surface area contributed by atoms with Gasteiger partial charge in [-0.25, -0.2) is 9.18 Å². The SMILES string of the molecule is CC(C)c1cc(=O)oc2cc(OS(=O)(=O)c3ccc(F)cc3Cl)ccc12. The second-order valence-electron chi connectivity index (χ2n) is 5.95. The monoisotopic (exact) mass is 396 g/mol. The molecule has 0 spiro atoms. The molecule has 0 N–H and O–H groups in total. The number of hydrogen-bond acceptors (Lipinski definition) is 5. The number of hydrogen-bond donors (Lipinski definition) is 0. The second-order valence-corrected chi connectivity index (χ2v) is 7.87. The van der Waals surface area contributed by atoms with Gasteiger partial charge in [0.15, 0.2) is 0 Å². The van der Waals surface area contributed by atoms with Gasteiger partial charge in [-0.05, 0) is 41.8 Å². The Labute approximate surface area is 154 Å². The predicted octanol–water partition coefficient (Wildman–Crippen LogP) is 4.48. The van der Waals surface area contributed by atoms with Crippen LogP contribution in [0, 0.1) is 5.82 Å². The zero-order valence-corrected chi connectivity index (χ0v) is 15.4. The molecule has 8 heteroatoms. The third-order valence-electron chi connectivity index (χ3n) is 3.74. The van der Waals surface area contributed by atoms with Crippen molar-refractivity contribution < 1.29 is 21.4 Å². The van der Waals surface area contributed by atoms with E-state index >= 15 is 0 Å². The van der Waals surface area contributed by atoms with Crippen molar-refractivity contribution in [3.8, 4) is 5.75 Å². The van der Waals surface area contributed by atoms with Gasteiger partial charge in [0.1, 0.15) is 22.0 Å². The van der Waals surface area contributed by atoms with Crippen molar-refractivity contribution in [1.29, 1.82) is 0 Å². The number of halogens is 2. The average Bonchev–Trinajstić information content (AvgIpc) is 2.52. The zero-order chi connectivity index (χ0) is 19.1. The number of benzene rings is 2. The predicted molar refractivity (Wildman–Crippen MR) is 95.8 cm³/mol. The summed E-state index contributed by atoms with van der Waals surface area (Å²) in [4.78, 5) is 11.4. The third kappa shape index (κ3) is 3.59. The molecule has 0 saturated carbocycles. The van der Waals surface area contributed by atoms with Crippen LogP contribution in [0.4, 0.5) is 4.39 Å². The van der Waals surface area contributed by atoms with Crippen molar-refractivity contribution in [3.05, 3.63) is 69.3 Å². The maximum absolute atomic E-state index is 13.1. The zero-order valence-electron chi connectivity index (χ0n) is 13.8. The lowest BCUT2D eigenvalue weighted by Gasteiger charge is -2.11. The highest BCUT2D eigenvalue weighted by atomic mass is 35.5. The van der Waals surface area contributed by atoms with Crippen LogP contribution in [-0.2, 0) is 10.1 Å². The van der Waals surface area contributed by atoms with Crippen LogP contribution in [0.3, 0.4) is 0 Å². The van der Waals surface area contributed by atoms with Crippen molar-refractivity contribution in [1.82, 2.24) is 0 Å². The van der Waals surface area contributed by atoms with E-state index in [1.807, 2.05) is 13.8 Å². The Morgan fingerprint density at radius 3 is 2.50 bits per heavy atom. The first-order valence-electron chi connectivity index (χ1n) is 7.65. The van der Waals surface area contributed by atoms with E-state index < -0.39 is 21.6 Å². The molecule has 26 heavy (non-hydrogen) atoms. The van der Waals surface area contributed by atoms with Crippen LogP contribution in [0.5, 0.6) is 5.75 Å². The minimum absolute atomic E-state index is 0.0538. The average molecular weight is 397 g/mol. The molecule has 0 aliphatic rings. The summed E-state index contributed by atoms with van der Waals surface area (Å²) >= 11 is 5.79. The van der Waals surface area contributed by atoms with Gasteiger partial charge in [-0.15, -0.1) is 0 Å². The van der Waals surface area contributed by atoms with Gasteiger partial charge >= 0.3 is 15.7 Å². The van der Waals surface area contributed by atoms with Gasteiger partial charge in [0.05, 0.1) is 5.02 Å². The summed E-state index contributed by atoms with van der Waals surface area (Å²) in [5.41, 5.74) is 0.453. The lowest BCUT2D eigenvalue weighted by atomic mass is 10.00. The standard InChI is InChI=1S/C18H14ClFO5S/c1-10(2)14-9-18(21)24-16-8-12(4-5-13(14)16)25-26(22,23)17-6-3-11(20)7-15(17)19/h3-10H,1-2H3. The Hall–Kier alpha value is -2.38. The fourth-order valence-corrected chi connectivity index (χ4v) is 3.98. The lowest BCUT2D eigenvalue weighted by Crippen LogP contribution is -2.10. The molecule has 0 radical (unpaired) electrons. The van der Waals surface area contributed by atoms with Crippen LogP contribution >= 0.6 is 11.6 Å². The molecule has 0 aliphatic heterocycles. The van der Waals surface area contributed by atoms with Gasteiger partial charge in [0.2, 0.25) is 0 Å². The van der Waals surface area contributed by atoms with E-state index in [-0.39, 0.29) is 27.2 Å². The summed E-state index contributed by atoms with van der Waals surface area (Å²) in [6, 6.07) is 8.65. The largest absolute Gasteiger partial charge is 0.423 e. The molecule has 1 aromatic heterocycles. The van der Waals surface area contributed by atoms with Crippen molar-refractivity contribution in [2.45, 2.75) is 24.7 Å².